The monoisotopic (exact) mass is 489 g/mol. The van der Waals surface area contributed by atoms with Crippen LogP contribution in [0.25, 0.3) is 33.5 Å². The van der Waals surface area contributed by atoms with E-state index in [9.17, 15) is 0 Å². The lowest BCUT2D eigenvalue weighted by Crippen LogP contribution is -2.42. The molecule has 0 saturated heterocycles. The molecular weight excluding hydrogens is 458 g/mol. The zero-order valence-corrected chi connectivity index (χ0v) is 22.0. The summed E-state index contributed by atoms with van der Waals surface area (Å²) in [5.74, 6) is 0.629. The normalized spacial score (nSPS) is 19.7. The summed E-state index contributed by atoms with van der Waals surface area (Å²) >= 11 is 0. The molecule has 3 aliphatic rings. The second kappa shape index (κ2) is 9.26. The van der Waals surface area contributed by atoms with E-state index in [-0.39, 0.29) is 0 Å². The largest absolute Gasteiger partial charge is 0.256 e. The van der Waals surface area contributed by atoms with Gasteiger partial charge in [-0.25, -0.2) is 0 Å². The first-order chi connectivity index (χ1) is 18.7. The number of pyridine rings is 1. The lowest BCUT2D eigenvalue weighted by Gasteiger charge is -2.35. The summed E-state index contributed by atoms with van der Waals surface area (Å²) in [6, 6.07) is 31.4. The SMILES string of the molecule is CC1=c2ccccc2=C(C2=c3ccccc3=C(c3ccc(-c4ccc(C)cn4)cc3)C3C=CC=CC23)CC1. The molecule has 2 unspecified atom stereocenters. The Balaban J connectivity index is 1.50. The smallest absolute Gasteiger partial charge is 0.0702 e. The lowest BCUT2D eigenvalue weighted by atomic mass is 9.68. The summed E-state index contributed by atoms with van der Waals surface area (Å²) in [5, 5.41) is 5.58. The maximum atomic E-state index is 4.64. The van der Waals surface area contributed by atoms with Crippen LogP contribution >= 0.6 is 0 Å². The summed E-state index contributed by atoms with van der Waals surface area (Å²) in [7, 11) is 0. The van der Waals surface area contributed by atoms with Gasteiger partial charge in [0.05, 0.1) is 5.69 Å². The number of hydrogen-bond acceptors (Lipinski definition) is 1. The zero-order valence-electron chi connectivity index (χ0n) is 22.0. The Morgan fingerprint density at radius 1 is 0.579 bits per heavy atom. The molecule has 1 nitrogen and oxygen atoms in total. The standard InChI is InChI=1S/C37H31N/c1-24-15-22-35(38-23-24)26-17-19-27(20-18-26)36-30-11-5-7-13-32(30)37(33-14-8-6-12-31(33)36)34-21-16-25(2)28-9-3-4-10-29(28)34/h3-15,17-20,22-23,30,32H,16,21H2,1-2H3. The van der Waals surface area contributed by atoms with Gasteiger partial charge in [0.25, 0.3) is 0 Å². The van der Waals surface area contributed by atoms with Gasteiger partial charge in [0.2, 0.25) is 0 Å². The third-order valence-electron chi connectivity index (χ3n) is 8.50. The van der Waals surface area contributed by atoms with Gasteiger partial charge in [-0.1, -0.05) is 109 Å². The van der Waals surface area contributed by atoms with Crippen molar-refractivity contribution in [3.05, 3.63) is 147 Å². The molecule has 4 aromatic rings. The predicted octanol–water partition coefficient (Wildman–Crippen LogP) is 5.59. The summed E-state index contributed by atoms with van der Waals surface area (Å²) in [6.07, 6.45) is 13.5. The fraction of sp³-hybridized carbons (Fsp3) is 0.162. The van der Waals surface area contributed by atoms with E-state index < -0.39 is 0 Å². The quantitative estimate of drug-likeness (QED) is 0.365. The number of aryl methyl sites for hydroxylation is 1. The molecule has 1 heterocycles. The highest BCUT2D eigenvalue weighted by Crippen LogP contribution is 2.42. The summed E-state index contributed by atoms with van der Waals surface area (Å²) < 4.78 is 0. The number of aromatic nitrogens is 1. The molecule has 0 saturated carbocycles. The minimum absolute atomic E-state index is 0.305. The highest BCUT2D eigenvalue weighted by Gasteiger charge is 2.33. The lowest BCUT2D eigenvalue weighted by molar-refractivity contribution is 0.688. The molecule has 0 spiro atoms. The van der Waals surface area contributed by atoms with Gasteiger partial charge in [-0.3, -0.25) is 4.98 Å². The highest BCUT2D eigenvalue weighted by atomic mass is 14.7. The predicted molar refractivity (Wildman–Crippen MR) is 159 cm³/mol. The zero-order chi connectivity index (χ0) is 25.6. The summed E-state index contributed by atoms with van der Waals surface area (Å²) in [5.41, 5.74) is 10.6. The molecule has 0 aliphatic heterocycles. The van der Waals surface area contributed by atoms with Gasteiger partial charge in [0.1, 0.15) is 0 Å². The van der Waals surface area contributed by atoms with Crippen LogP contribution in [0.2, 0.25) is 0 Å². The van der Waals surface area contributed by atoms with E-state index in [0.717, 1.165) is 24.1 Å². The number of fused-ring (bicyclic) bond motifs is 3. The van der Waals surface area contributed by atoms with Crippen molar-refractivity contribution in [1.29, 1.82) is 0 Å². The van der Waals surface area contributed by atoms with Gasteiger partial charge in [0, 0.05) is 23.6 Å². The average Bonchev–Trinajstić information content (AvgIpc) is 2.97. The third-order valence-corrected chi connectivity index (χ3v) is 8.50. The van der Waals surface area contributed by atoms with Crippen molar-refractivity contribution in [2.45, 2.75) is 26.7 Å². The molecule has 184 valence electrons. The molecule has 1 heteroatoms. The van der Waals surface area contributed by atoms with Crippen LogP contribution in [0.1, 0.15) is 30.9 Å². The van der Waals surface area contributed by atoms with E-state index in [0.29, 0.717) is 11.8 Å². The Morgan fingerprint density at radius 2 is 1.18 bits per heavy atom. The van der Waals surface area contributed by atoms with E-state index in [4.69, 9.17) is 0 Å². The summed E-state index contributed by atoms with van der Waals surface area (Å²) in [6.45, 7) is 4.37. The van der Waals surface area contributed by atoms with Crippen molar-refractivity contribution in [2.24, 2.45) is 11.8 Å². The molecule has 0 bridgehead atoms. The maximum absolute atomic E-state index is 4.64. The Hall–Kier alpha value is -4.23. The number of allylic oxidation sites excluding steroid dienone is 4. The van der Waals surface area contributed by atoms with Crippen LogP contribution in [0.5, 0.6) is 0 Å². The van der Waals surface area contributed by atoms with Crippen LogP contribution in [-0.4, -0.2) is 4.98 Å². The van der Waals surface area contributed by atoms with E-state index in [2.05, 4.69) is 128 Å². The number of rotatable bonds is 3. The van der Waals surface area contributed by atoms with E-state index in [1.54, 1.807) is 0 Å². The van der Waals surface area contributed by atoms with Crippen LogP contribution in [0.3, 0.4) is 0 Å². The van der Waals surface area contributed by atoms with Crippen molar-refractivity contribution in [3.8, 4) is 11.3 Å². The maximum Gasteiger partial charge on any atom is 0.0702 e. The van der Waals surface area contributed by atoms with Crippen LogP contribution in [0.15, 0.2) is 115 Å². The summed E-state index contributed by atoms with van der Waals surface area (Å²) in [4.78, 5) is 4.64. The van der Waals surface area contributed by atoms with Gasteiger partial charge in [0.15, 0.2) is 0 Å². The van der Waals surface area contributed by atoms with Crippen molar-refractivity contribution in [1.82, 2.24) is 4.98 Å². The van der Waals surface area contributed by atoms with Gasteiger partial charge in [-0.05, 0) is 81.5 Å². The van der Waals surface area contributed by atoms with E-state index in [1.165, 1.54) is 54.3 Å². The average molecular weight is 490 g/mol. The number of nitrogens with zero attached hydrogens (tertiary/aromatic N) is 1. The molecule has 38 heavy (non-hydrogen) atoms. The highest BCUT2D eigenvalue weighted by molar-refractivity contribution is 5.95. The molecule has 0 amide bonds. The fourth-order valence-corrected chi connectivity index (χ4v) is 6.62. The Labute approximate surface area is 224 Å². The first kappa shape index (κ1) is 22.9. The molecule has 0 fully saturated rings. The fourth-order valence-electron chi connectivity index (χ4n) is 6.62. The minimum Gasteiger partial charge on any atom is -0.256 e. The van der Waals surface area contributed by atoms with Crippen LogP contribution in [0, 0.1) is 18.8 Å². The van der Waals surface area contributed by atoms with Crippen molar-refractivity contribution < 1.29 is 0 Å². The molecule has 7 rings (SSSR count). The van der Waals surface area contributed by atoms with Crippen molar-refractivity contribution in [3.63, 3.8) is 0 Å². The van der Waals surface area contributed by atoms with Crippen LogP contribution in [-0.2, 0) is 0 Å². The van der Waals surface area contributed by atoms with Gasteiger partial charge in [-0.15, -0.1) is 0 Å². The van der Waals surface area contributed by atoms with Gasteiger partial charge in [-0.2, -0.15) is 0 Å². The Bertz CT molecular complexity index is 1870. The molecule has 2 atom stereocenters. The molecule has 1 aromatic heterocycles. The first-order valence-corrected chi connectivity index (χ1v) is 13.7. The number of hydrogen-bond donors (Lipinski definition) is 0. The van der Waals surface area contributed by atoms with Crippen LogP contribution < -0.4 is 20.9 Å². The minimum atomic E-state index is 0.305. The number of benzene rings is 3. The second-order valence-electron chi connectivity index (χ2n) is 10.8. The molecular formula is C37H31N. The van der Waals surface area contributed by atoms with Gasteiger partial charge >= 0.3 is 0 Å². The topological polar surface area (TPSA) is 12.9 Å². The van der Waals surface area contributed by atoms with Gasteiger partial charge < -0.3 is 0 Å². The third kappa shape index (κ3) is 3.73. The Morgan fingerprint density at radius 3 is 1.87 bits per heavy atom. The molecule has 0 radical (unpaired) electrons. The van der Waals surface area contributed by atoms with Crippen molar-refractivity contribution in [2.75, 3.05) is 0 Å². The first-order valence-electron chi connectivity index (χ1n) is 13.7. The van der Waals surface area contributed by atoms with Crippen molar-refractivity contribution >= 4 is 22.3 Å². The van der Waals surface area contributed by atoms with Crippen LogP contribution in [0.4, 0.5) is 0 Å². The Kier molecular flexibility index (Phi) is 5.59. The molecule has 0 N–H and O–H groups in total. The van der Waals surface area contributed by atoms with E-state index in [1.807, 2.05) is 6.20 Å². The second-order valence-corrected chi connectivity index (χ2v) is 10.8. The molecule has 3 aliphatic carbocycles. The molecule has 3 aromatic carbocycles. The van der Waals surface area contributed by atoms with E-state index >= 15 is 0 Å².